The highest BCUT2D eigenvalue weighted by molar-refractivity contribution is 5.89. The zero-order valence-electron chi connectivity index (χ0n) is 23.2. The molecule has 1 amide bonds. The average molecular weight is 558 g/mol. The van der Waals surface area contributed by atoms with Crippen molar-refractivity contribution in [3.8, 4) is 16.9 Å². The SMILES string of the molecule is CCOC(=O)Cc1ccccc1OCc1coc2c(CN3CCN(C(=O)O)CC3)cc(-c3cccc(CN)c3)cc12. The van der Waals surface area contributed by atoms with Crippen molar-refractivity contribution < 1.29 is 28.6 Å². The molecule has 1 aliphatic rings. The van der Waals surface area contributed by atoms with Crippen molar-refractivity contribution >= 4 is 23.0 Å². The van der Waals surface area contributed by atoms with Crippen LogP contribution in [0.4, 0.5) is 4.79 Å². The topological polar surface area (TPSA) is 118 Å². The van der Waals surface area contributed by atoms with Crippen molar-refractivity contribution in [2.45, 2.75) is 33.0 Å². The lowest BCUT2D eigenvalue weighted by atomic mass is 9.97. The molecule has 5 rings (SSSR count). The van der Waals surface area contributed by atoms with Crippen LogP contribution in [0.1, 0.15) is 29.2 Å². The van der Waals surface area contributed by atoms with Gasteiger partial charge in [-0.2, -0.15) is 0 Å². The molecule has 0 radical (unpaired) electrons. The van der Waals surface area contributed by atoms with Crippen LogP contribution < -0.4 is 10.5 Å². The predicted octanol–water partition coefficient (Wildman–Crippen LogP) is 5.04. The fraction of sp³-hybridized carbons (Fsp3) is 0.312. The number of para-hydroxylation sites is 1. The molecule has 3 N–H and O–H groups in total. The summed E-state index contributed by atoms with van der Waals surface area (Å²) < 4.78 is 17.5. The molecule has 1 aromatic heterocycles. The predicted molar refractivity (Wildman–Crippen MR) is 156 cm³/mol. The lowest BCUT2D eigenvalue weighted by Gasteiger charge is -2.33. The minimum absolute atomic E-state index is 0.136. The number of esters is 1. The van der Waals surface area contributed by atoms with Crippen LogP contribution in [0.15, 0.2) is 71.3 Å². The Kier molecular flexibility index (Phi) is 8.86. The van der Waals surface area contributed by atoms with Gasteiger partial charge in [0, 0.05) is 61.3 Å². The van der Waals surface area contributed by atoms with Crippen LogP contribution in [0.25, 0.3) is 22.1 Å². The lowest BCUT2D eigenvalue weighted by molar-refractivity contribution is -0.142. The van der Waals surface area contributed by atoms with E-state index >= 15 is 0 Å². The summed E-state index contributed by atoms with van der Waals surface area (Å²) in [5.74, 6) is 0.328. The molecule has 0 aliphatic carbocycles. The Morgan fingerprint density at radius 1 is 0.951 bits per heavy atom. The molecule has 9 heteroatoms. The zero-order valence-corrected chi connectivity index (χ0v) is 23.2. The minimum Gasteiger partial charge on any atom is -0.488 e. The molecule has 4 aromatic rings. The van der Waals surface area contributed by atoms with E-state index in [1.807, 2.05) is 36.4 Å². The minimum atomic E-state index is -0.881. The molecule has 3 aromatic carbocycles. The second-order valence-electron chi connectivity index (χ2n) is 10.1. The Morgan fingerprint density at radius 3 is 2.51 bits per heavy atom. The summed E-state index contributed by atoms with van der Waals surface area (Å²) >= 11 is 0. The summed E-state index contributed by atoms with van der Waals surface area (Å²) in [4.78, 5) is 27.2. The van der Waals surface area contributed by atoms with Crippen LogP contribution in [-0.2, 0) is 35.6 Å². The first kappa shape index (κ1) is 28.2. The molecule has 214 valence electrons. The second-order valence-corrected chi connectivity index (χ2v) is 10.1. The van der Waals surface area contributed by atoms with Gasteiger partial charge in [-0.1, -0.05) is 36.4 Å². The molecule has 0 unspecified atom stereocenters. The molecule has 2 heterocycles. The van der Waals surface area contributed by atoms with E-state index in [1.165, 1.54) is 4.90 Å². The van der Waals surface area contributed by atoms with Crippen LogP contribution >= 0.6 is 0 Å². The number of amides is 1. The number of carbonyl (C=O) groups excluding carboxylic acids is 1. The molecule has 41 heavy (non-hydrogen) atoms. The molecule has 0 bridgehead atoms. The van der Waals surface area contributed by atoms with Gasteiger partial charge >= 0.3 is 12.1 Å². The number of piperazine rings is 1. The number of furan rings is 1. The normalized spacial score (nSPS) is 13.9. The van der Waals surface area contributed by atoms with Crippen LogP contribution in [0, 0.1) is 0 Å². The smallest absolute Gasteiger partial charge is 0.407 e. The molecular formula is C32H35N3O6. The first-order valence-electron chi connectivity index (χ1n) is 13.8. The van der Waals surface area contributed by atoms with E-state index in [9.17, 15) is 14.7 Å². The maximum absolute atomic E-state index is 12.1. The van der Waals surface area contributed by atoms with Gasteiger partial charge in [0.15, 0.2) is 0 Å². The van der Waals surface area contributed by atoms with Crippen LogP contribution in [-0.4, -0.2) is 59.8 Å². The summed E-state index contributed by atoms with van der Waals surface area (Å²) in [5.41, 5.74) is 12.5. The summed E-state index contributed by atoms with van der Waals surface area (Å²) in [6.45, 7) is 5.70. The summed E-state index contributed by atoms with van der Waals surface area (Å²) in [7, 11) is 0. The van der Waals surface area contributed by atoms with E-state index in [2.05, 4.69) is 29.2 Å². The number of carbonyl (C=O) groups is 2. The van der Waals surface area contributed by atoms with E-state index < -0.39 is 6.09 Å². The number of hydrogen-bond donors (Lipinski definition) is 2. The lowest BCUT2D eigenvalue weighted by Crippen LogP contribution is -2.47. The third-order valence-electron chi connectivity index (χ3n) is 7.36. The number of nitrogens with two attached hydrogens (primary N) is 1. The van der Waals surface area contributed by atoms with Crippen molar-refractivity contribution in [2.24, 2.45) is 5.73 Å². The van der Waals surface area contributed by atoms with E-state index in [4.69, 9.17) is 19.6 Å². The van der Waals surface area contributed by atoms with Gasteiger partial charge in [-0.25, -0.2) is 4.79 Å². The van der Waals surface area contributed by atoms with E-state index in [0.29, 0.717) is 51.6 Å². The fourth-order valence-electron chi connectivity index (χ4n) is 5.19. The van der Waals surface area contributed by atoms with Crippen molar-refractivity contribution in [2.75, 3.05) is 32.8 Å². The number of ether oxygens (including phenoxy) is 2. The van der Waals surface area contributed by atoms with Gasteiger partial charge in [0.25, 0.3) is 0 Å². The maximum atomic E-state index is 12.1. The summed E-state index contributed by atoms with van der Waals surface area (Å²) in [6, 6.07) is 19.9. The zero-order chi connectivity index (χ0) is 28.8. The maximum Gasteiger partial charge on any atom is 0.407 e. The van der Waals surface area contributed by atoms with Gasteiger partial charge in [0.2, 0.25) is 0 Å². The second kappa shape index (κ2) is 12.9. The number of nitrogens with zero attached hydrogens (tertiary/aromatic N) is 2. The molecule has 1 fully saturated rings. The summed E-state index contributed by atoms with van der Waals surface area (Å²) in [6.07, 6.45) is 0.982. The van der Waals surface area contributed by atoms with Gasteiger partial charge in [-0.3, -0.25) is 9.69 Å². The van der Waals surface area contributed by atoms with Crippen LogP contribution in [0.3, 0.4) is 0 Å². The molecule has 0 atom stereocenters. The van der Waals surface area contributed by atoms with E-state index in [-0.39, 0.29) is 19.0 Å². The number of benzene rings is 3. The largest absolute Gasteiger partial charge is 0.488 e. The van der Waals surface area contributed by atoms with Gasteiger partial charge in [0.1, 0.15) is 17.9 Å². The molecule has 0 saturated carbocycles. The Labute approximate surface area is 239 Å². The fourth-order valence-corrected chi connectivity index (χ4v) is 5.19. The Balaban J connectivity index is 1.45. The highest BCUT2D eigenvalue weighted by Crippen LogP contribution is 2.33. The number of rotatable bonds is 10. The highest BCUT2D eigenvalue weighted by Gasteiger charge is 2.22. The first-order valence-corrected chi connectivity index (χ1v) is 13.8. The standard InChI is InChI=1S/C32H35N3O6/c1-2-39-30(36)17-24-7-3-4-9-29(24)40-20-27-21-41-31-26(19-34-10-12-35(13-11-34)32(37)38)15-25(16-28(27)31)23-8-5-6-22(14-23)18-33/h3-9,14-16,21H,2,10-13,17-20,33H2,1H3,(H,37,38). The molecular weight excluding hydrogens is 522 g/mol. The average Bonchev–Trinajstić information content (AvgIpc) is 3.40. The molecule has 1 aliphatic heterocycles. The van der Waals surface area contributed by atoms with Gasteiger partial charge in [0.05, 0.1) is 19.3 Å². The van der Waals surface area contributed by atoms with Crippen molar-refractivity contribution in [1.82, 2.24) is 9.80 Å². The van der Waals surface area contributed by atoms with Crippen LogP contribution in [0.5, 0.6) is 5.75 Å². The third-order valence-corrected chi connectivity index (χ3v) is 7.36. The monoisotopic (exact) mass is 557 g/mol. The van der Waals surface area contributed by atoms with E-state index in [1.54, 1.807) is 13.2 Å². The molecule has 0 spiro atoms. The van der Waals surface area contributed by atoms with Gasteiger partial charge in [-0.05, 0) is 47.9 Å². The van der Waals surface area contributed by atoms with Gasteiger partial charge < -0.3 is 29.6 Å². The third kappa shape index (κ3) is 6.70. The first-order chi connectivity index (χ1) is 19.9. The van der Waals surface area contributed by atoms with Gasteiger partial charge in [-0.15, -0.1) is 0 Å². The Bertz CT molecular complexity index is 1520. The van der Waals surface area contributed by atoms with Crippen molar-refractivity contribution in [1.29, 1.82) is 0 Å². The number of hydrogen-bond acceptors (Lipinski definition) is 7. The molecule has 1 saturated heterocycles. The number of fused-ring (bicyclic) bond motifs is 1. The highest BCUT2D eigenvalue weighted by atomic mass is 16.5. The Morgan fingerprint density at radius 2 is 1.76 bits per heavy atom. The Hall–Kier alpha value is -4.34. The van der Waals surface area contributed by atoms with Crippen molar-refractivity contribution in [3.63, 3.8) is 0 Å². The molecule has 9 nitrogen and oxygen atoms in total. The summed E-state index contributed by atoms with van der Waals surface area (Å²) in [5, 5.41) is 10.3. The number of carboxylic acid groups (broad SMARTS) is 1. The van der Waals surface area contributed by atoms with E-state index in [0.717, 1.165) is 44.3 Å². The van der Waals surface area contributed by atoms with Crippen LogP contribution in [0.2, 0.25) is 0 Å². The quantitative estimate of drug-likeness (QED) is 0.261. The van der Waals surface area contributed by atoms with Crippen molar-refractivity contribution in [3.05, 3.63) is 89.2 Å².